The average molecular weight is 537 g/mol. The molecule has 0 N–H and O–H groups in total. The van der Waals surface area contributed by atoms with Gasteiger partial charge in [0.2, 0.25) is 0 Å². The molecule has 1 amide bonds. The molecular weight excluding hydrogens is 498 g/mol. The van der Waals surface area contributed by atoms with Crippen molar-refractivity contribution in [1.29, 1.82) is 0 Å². The summed E-state index contributed by atoms with van der Waals surface area (Å²) >= 11 is 0. The van der Waals surface area contributed by atoms with Crippen molar-refractivity contribution in [3.63, 3.8) is 0 Å². The van der Waals surface area contributed by atoms with Crippen molar-refractivity contribution in [2.24, 2.45) is 0 Å². The predicted molar refractivity (Wildman–Crippen MR) is 129 cm³/mol. The average Bonchev–Trinajstić information content (AvgIpc) is 2.80. The van der Waals surface area contributed by atoms with E-state index in [0.717, 1.165) is 44.2 Å². The van der Waals surface area contributed by atoms with Gasteiger partial charge in [-0.3, -0.25) is 4.90 Å². The van der Waals surface area contributed by atoms with Gasteiger partial charge in [0.1, 0.15) is 5.60 Å². The van der Waals surface area contributed by atoms with Crippen LogP contribution in [-0.2, 0) is 23.6 Å². The number of carbonyl (C=O) groups excluding carboxylic acids is 1. The maximum Gasteiger partial charge on any atom is 0.416 e. The molecule has 2 atom stereocenters. The van der Waals surface area contributed by atoms with E-state index in [2.05, 4.69) is 4.90 Å². The van der Waals surface area contributed by atoms with Gasteiger partial charge in [0.15, 0.2) is 0 Å². The summed E-state index contributed by atoms with van der Waals surface area (Å²) in [5.41, 5.74) is -3.30. The van der Waals surface area contributed by atoms with Crippen LogP contribution in [0.15, 0.2) is 18.2 Å². The summed E-state index contributed by atoms with van der Waals surface area (Å²) in [5, 5.41) is 0. The zero-order valence-electron chi connectivity index (χ0n) is 22.0. The van der Waals surface area contributed by atoms with Crippen LogP contribution < -0.4 is 0 Å². The van der Waals surface area contributed by atoms with E-state index in [0.29, 0.717) is 25.8 Å². The first-order valence-corrected chi connectivity index (χ1v) is 13.1. The van der Waals surface area contributed by atoms with Crippen molar-refractivity contribution in [3.05, 3.63) is 34.9 Å². The molecule has 1 saturated heterocycles. The van der Waals surface area contributed by atoms with Crippen LogP contribution in [0, 0.1) is 0 Å². The van der Waals surface area contributed by atoms with Crippen molar-refractivity contribution in [3.8, 4) is 0 Å². The van der Waals surface area contributed by atoms with Gasteiger partial charge < -0.3 is 9.64 Å². The smallest absolute Gasteiger partial charge is 0.416 e. The van der Waals surface area contributed by atoms with Crippen molar-refractivity contribution in [1.82, 2.24) is 9.80 Å². The molecule has 0 spiro atoms. The van der Waals surface area contributed by atoms with E-state index in [1.165, 1.54) is 0 Å². The van der Waals surface area contributed by atoms with Crippen molar-refractivity contribution in [2.45, 2.75) is 122 Å². The number of nitrogens with zero attached hydrogens (tertiary/aromatic N) is 2. The molecule has 1 saturated carbocycles. The lowest BCUT2D eigenvalue weighted by Gasteiger charge is -2.49. The Labute approximate surface area is 215 Å². The number of amides is 1. The minimum Gasteiger partial charge on any atom is -0.444 e. The monoisotopic (exact) mass is 536 g/mol. The largest absolute Gasteiger partial charge is 0.444 e. The molecule has 2 fully saturated rings. The molecular formula is C27H38F6N2O2. The summed E-state index contributed by atoms with van der Waals surface area (Å²) in [7, 11) is 0. The molecule has 4 nitrogen and oxygen atoms in total. The zero-order valence-corrected chi connectivity index (χ0v) is 22.0. The third-order valence-electron chi connectivity index (χ3n) is 7.27. The van der Waals surface area contributed by atoms with Gasteiger partial charge in [-0.15, -0.1) is 0 Å². The molecule has 1 aliphatic heterocycles. The highest BCUT2D eigenvalue weighted by Crippen LogP contribution is 2.38. The highest BCUT2D eigenvalue weighted by Gasteiger charge is 2.42. The molecule has 1 aliphatic carbocycles. The zero-order chi connectivity index (χ0) is 27.6. The second-order valence-electron chi connectivity index (χ2n) is 11.2. The Hall–Kier alpha value is -1.97. The number of rotatable bonds is 5. The highest BCUT2D eigenvalue weighted by atomic mass is 19.4. The van der Waals surface area contributed by atoms with Crippen molar-refractivity contribution in [2.75, 3.05) is 6.54 Å². The van der Waals surface area contributed by atoms with Crippen molar-refractivity contribution >= 4 is 6.09 Å². The molecule has 2 unspecified atom stereocenters. The first-order chi connectivity index (χ1) is 17.1. The summed E-state index contributed by atoms with van der Waals surface area (Å²) < 4.78 is 86.8. The fraction of sp³-hybridized carbons (Fsp3) is 0.741. The number of piperidine rings is 1. The Morgan fingerprint density at radius 1 is 0.919 bits per heavy atom. The summed E-state index contributed by atoms with van der Waals surface area (Å²) in [6.45, 7) is 7.77. The molecule has 0 aromatic heterocycles. The standard InChI is InChI=1S/C27H38F6N2O2/c1-5-22-23(12-9-13-34(22)24(36)37-25(2,3)4)35(21-10-7-6-8-11-21)17-18-14-19(26(28,29)30)16-20(15-18)27(31,32)33/h14-16,21-23H,5-13,17H2,1-4H3. The Bertz CT molecular complexity index is 887. The summed E-state index contributed by atoms with van der Waals surface area (Å²) in [5.74, 6) is 0. The number of likely N-dealkylation sites (tertiary alicyclic amines) is 1. The third kappa shape index (κ3) is 7.77. The molecule has 2 aliphatic rings. The first kappa shape index (κ1) is 29.6. The van der Waals surface area contributed by atoms with Gasteiger partial charge >= 0.3 is 18.4 Å². The SMILES string of the molecule is CCC1C(N(Cc2cc(C(F)(F)F)cc(C(F)(F)F)c2)C2CCCCC2)CCCN1C(=O)OC(C)(C)C. The van der Waals surface area contributed by atoms with Gasteiger partial charge in [0.25, 0.3) is 0 Å². The Balaban J connectivity index is 1.99. The molecule has 1 aromatic rings. The van der Waals surface area contributed by atoms with Gasteiger partial charge in [0.05, 0.1) is 17.2 Å². The van der Waals surface area contributed by atoms with E-state index < -0.39 is 35.2 Å². The third-order valence-corrected chi connectivity index (χ3v) is 7.27. The van der Waals surface area contributed by atoms with Gasteiger partial charge in [-0.1, -0.05) is 26.2 Å². The maximum atomic E-state index is 13.5. The number of alkyl halides is 6. The first-order valence-electron chi connectivity index (χ1n) is 13.1. The van der Waals surface area contributed by atoms with Crippen LogP contribution in [-0.4, -0.2) is 46.2 Å². The lowest BCUT2D eigenvalue weighted by atomic mass is 9.87. The lowest BCUT2D eigenvalue weighted by Crippen LogP contribution is -2.59. The number of halogens is 6. The number of ether oxygens (including phenoxy) is 1. The Morgan fingerprint density at radius 3 is 1.97 bits per heavy atom. The fourth-order valence-electron chi connectivity index (χ4n) is 5.71. The number of hydrogen-bond donors (Lipinski definition) is 0. The topological polar surface area (TPSA) is 32.8 Å². The van der Waals surface area contributed by atoms with Crippen LogP contribution in [0.5, 0.6) is 0 Å². The molecule has 10 heteroatoms. The van der Waals surface area contributed by atoms with Crippen LogP contribution in [0.25, 0.3) is 0 Å². The normalized spacial score (nSPS) is 22.4. The summed E-state index contributed by atoms with van der Waals surface area (Å²) in [4.78, 5) is 16.8. The molecule has 210 valence electrons. The van der Waals surface area contributed by atoms with Gasteiger partial charge in [0, 0.05) is 25.2 Å². The maximum absolute atomic E-state index is 13.5. The fourth-order valence-corrected chi connectivity index (χ4v) is 5.71. The van der Waals surface area contributed by atoms with Crippen LogP contribution in [0.1, 0.15) is 95.8 Å². The van der Waals surface area contributed by atoms with Crippen LogP contribution in [0.4, 0.5) is 31.1 Å². The molecule has 1 heterocycles. The van der Waals surface area contributed by atoms with Gasteiger partial charge in [-0.25, -0.2) is 4.79 Å². The molecule has 0 bridgehead atoms. The van der Waals surface area contributed by atoms with E-state index >= 15 is 0 Å². The Kier molecular flexibility index (Phi) is 9.13. The number of hydrogen-bond acceptors (Lipinski definition) is 3. The lowest BCUT2D eigenvalue weighted by molar-refractivity contribution is -0.143. The predicted octanol–water partition coefficient (Wildman–Crippen LogP) is 8.04. The van der Waals surface area contributed by atoms with Crippen LogP contribution >= 0.6 is 0 Å². The van der Waals surface area contributed by atoms with E-state index in [1.807, 2.05) is 6.92 Å². The van der Waals surface area contributed by atoms with Gasteiger partial charge in [-0.2, -0.15) is 26.3 Å². The van der Waals surface area contributed by atoms with E-state index in [4.69, 9.17) is 4.74 Å². The second kappa shape index (κ2) is 11.4. The highest BCUT2D eigenvalue weighted by molar-refractivity contribution is 5.68. The second-order valence-corrected chi connectivity index (χ2v) is 11.2. The van der Waals surface area contributed by atoms with Crippen molar-refractivity contribution < 1.29 is 35.9 Å². The number of carbonyl (C=O) groups is 1. The van der Waals surface area contributed by atoms with Crippen LogP contribution in [0.2, 0.25) is 0 Å². The van der Waals surface area contributed by atoms with Gasteiger partial charge in [-0.05, 0) is 76.6 Å². The molecule has 0 radical (unpaired) electrons. The van der Waals surface area contributed by atoms with Crippen LogP contribution in [0.3, 0.4) is 0 Å². The van der Waals surface area contributed by atoms with E-state index in [1.54, 1.807) is 25.7 Å². The molecule has 3 rings (SSSR count). The molecule has 37 heavy (non-hydrogen) atoms. The number of benzene rings is 1. The summed E-state index contributed by atoms with van der Waals surface area (Å²) in [6, 6.07) is 1.42. The quantitative estimate of drug-likeness (QED) is 0.357. The van der Waals surface area contributed by atoms with E-state index in [9.17, 15) is 31.1 Å². The Morgan fingerprint density at radius 2 is 1.49 bits per heavy atom. The minimum atomic E-state index is -4.89. The minimum absolute atomic E-state index is 0.0167. The van der Waals surface area contributed by atoms with E-state index in [-0.39, 0.29) is 36.3 Å². The molecule has 1 aromatic carbocycles. The summed E-state index contributed by atoms with van der Waals surface area (Å²) in [6.07, 6.45) is -3.62.